The first-order valence-corrected chi connectivity index (χ1v) is 5.59. The van der Waals surface area contributed by atoms with Crippen LogP contribution in [0.1, 0.15) is 51.9 Å². The molecule has 0 spiro atoms. The lowest BCUT2D eigenvalue weighted by atomic mass is 9.73. The number of aliphatic hydroxyl groups excluding tert-OH is 1. The first-order valence-electron chi connectivity index (χ1n) is 5.59. The van der Waals surface area contributed by atoms with Gasteiger partial charge in [-0.2, -0.15) is 0 Å². The van der Waals surface area contributed by atoms with Crippen LogP contribution in [0, 0.1) is 5.41 Å². The minimum Gasteiger partial charge on any atom is -0.393 e. The topological polar surface area (TPSA) is 46.2 Å². The Morgan fingerprint density at radius 3 is 2.00 bits per heavy atom. The molecule has 2 heteroatoms. The molecule has 1 atom stereocenters. The lowest BCUT2D eigenvalue weighted by Crippen LogP contribution is -2.40. The number of hydrogen-bond acceptors (Lipinski definition) is 2. The molecule has 78 valence electrons. The first-order chi connectivity index (χ1) is 6.21. The highest BCUT2D eigenvalue weighted by Crippen LogP contribution is 2.36. The van der Waals surface area contributed by atoms with Crippen LogP contribution in [-0.4, -0.2) is 17.8 Å². The monoisotopic (exact) mass is 185 g/mol. The third-order valence-corrected chi connectivity index (χ3v) is 3.64. The van der Waals surface area contributed by atoms with Gasteiger partial charge in [0.05, 0.1) is 6.10 Å². The Morgan fingerprint density at radius 2 is 1.62 bits per heavy atom. The van der Waals surface area contributed by atoms with Crippen molar-refractivity contribution in [3.63, 3.8) is 0 Å². The van der Waals surface area contributed by atoms with E-state index in [9.17, 15) is 5.11 Å². The second-order valence-corrected chi connectivity index (χ2v) is 4.51. The van der Waals surface area contributed by atoms with Gasteiger partial charge in [0.25, 0.3) is 0 Å². The van der Waals surface area contributed by atoms with E-state index in [4.69, 9.17) is 5.73 Å². The third-order valence-electron chi connectivity index (χ3n) is 3.64. The van der Waals surface area contributed by atoms with Gasteiger partial charge in [0.15, 0.2) is 0 Å². The van der Waals surface area contributed by atoms with Crippen LogP contribution in [0.4, 0.5) is 0 Å². The quantitative estimate of drug-likeness (QED) is 0.691. The predicted octanol–water partition coefficient (Wildman–Crippen LogP) is 2.06. The minimum absolute atomic E-state index is 0.0282. The minimum atomic E-state index is -0.240. The van der Waals surface area contributed by atoms with Gasteiger partial charge in [-0.1, -0.05) is 32.1 Å². The zero-order chi connectivity index (χ0) is 9.73. The molecule has 2 nitrogen and oxygen atoms in total. The second kappa shape index (κ2) is 4.97. The van der Waals surface area contributed by atoms with Crippen LogP contribution in [0.25, 0.3) is 0 Å². The molecule has 0 aromatic rings. The number of aliphatic hydroxyl groups is 1. The van der Waals surface area contributed by atoms with Crippen molar-refractivity contribution in [2.45, 2.75) is 58.0 Å². The van der Waals surface area contributed by atoms with Crippen molar-refractivity contribution in [1.82, 2.24) is 0 Å². The molecule has 0 bridgehead atoms. The Balaban J connectivity index is 2.58. The molecule has 0 saturated heterocycles. The van der Waals surface area contributed by atoms with Crippen LogP contribution in [-0.2, 0) is 0 Å². The van der Waals surface area contributed by atoms with Crippen LogP contribution in [0.5, 0.6) is 0 Å². The summed E-state index contributed by atoms with van der Waals surface area (Å²) in [6.07, 6.45) is 8.45. The van der Waals surface area contributed by atoms with Gasteiger partial charge >= 0.3 is 0 Å². The molecule has 0 aromatic heterocycles. The fraction of sp³-hybridized carbons (Fsp3) is 1.00. The second-order valence-electron chi connectivity index (χ2n) is 4.51. The van der Waals surface area contributed by atoms with Gasteiger partial charge in [-0.15, -0.1) is 0 Å². The fourth-order valence-electron chi connectivity index (χ4n) is 2.40. The van der Waals surface area contributed by atoms with Gasteiger partial charge in [-0.05, 0) is 19.8 Å². The summed E-state index contributed by atoms with van der Waals surface area (Å²) in [5, 5.41) is 9.76. The summed E-state index contributed by atoms with van der Waals surface area (Å²) in [5.41, 5.74) is 5.83. The highest BCUT2D eigenvalue weighted by atomic mass is 16.3. The molecule has 1 fully saturated rings. The van der Waals surface area contributed by atoms with E-state index in [0.717, 1.165) is 12.8 Å². The summed E-state index contributed by atoms with van der Waals surface area (Å²) < 4.78 is 0. The van der Waals surface area contributed by atoms with Gasteiger partial charge in [-0.3, -0.25) is 0 Å². The average molecular weight is 185 g/mol. The predicted molar refractivity (Wildman–Crippen MR) is 55.5 cm³/mol. The molecule has 1 aliphatic rings. The molecule has 0 radical (unpaired) electrons. The lowest BCUT2D eigenvalue weighted by molar-refractivity contribution is 0.0238. The molecule has 1 rings (SSSR count). The van der Waals surface area contributed by atoms with Crippen molar-refractivity contribution in [2.24, 2.45) is 11.1 Å². The van der Waals surface area contributed by atoms with Crippen LogP contribution in [0.2, 0.25) is 0 Å². The number of hydrogen-bond donors (Lipinski definition) is 2. The van der Waals surface area contributed by atoms with Gasteiger partial charge in [-0.25, -0.2) is 0 Å². The summed E-state index contributed by atoms with van der Waals surface area (Å²) in [5.74, 6) is 0. The average Bonchev–Trinajstić information content (AvgIpc) is 2.04. The molecular formula is C11H23NO. The van der Waals surface area contributed by atoms with E-state index < -0.39 is 0 Å². The third kappa shape index (κ3) is 2.68. The molecule has 1 saturated carbocycles. The highest BCUT2D eigenvalue weighted by Gasteiger charge is 2.33. The normalized spacial score (nSPS) is 26.1. The largest absolute Gasteiger partial charge is 0.393 e. The molecule has 3 N–H and O–H groups in total. The highest BCUT2D eigenvalue weighted by molar-refractivity contribution is 4.86. The summed E-state index contributed by atoms with van der Waals surface area (Å²) in [7, 11) is 0. The van der Waals surface area contributed by atoms with E-state index in [1.165, 1.54) is 32.1 Å². The van der Waals surface area contributed by atoms with Gasteiger partial charge in [0, 0.05) is 12.0 Å². The van der Waals surface area contributed by atoms with Crippen molar-refractivity contribution in [3.8, 4) is 0 Å². The number of rotatable bonds is 2. The molecule has 1 aliphatic carbocycles. The van der Waals surface area contributed by atoms with E-state index in [-0.39, 0.29) is 11.5 Å². The Hall–Kier alpha value is -0.0800. The Kier molecular flexibility index (Phi) is 4.20. The summed E-state index contributed by atoms with van der Waals surface area (Å²) in [4.78, 5) is 0. The van der Waals surface area contributed by atoms with Crippen molar-refractivity contribution in [1.29, 1.82) is 0 Å². The van der Waals surface area contributed by atoms with Crippen molar-refractivity contribution < 1.29 is 5.11 Å². The molecule has 0 aromatic carbocycles. The van der Waals surface area contributed by atoms with E-state index in [2.05, 4.69) is 0 Å². The maximum Gasteiger partial charge on any atom is 0.0580 e. The Labute approximate surface area is 81.5 Å². The van der Waals surface area contributed by atoms with Gasteiger partial charge in [0.1, 0.15) is 0 Å². The molecule has 0 aliphatic heterocycles. The van der Waals surface area contributed by atoms with Crippen LogP contribution >= 0.6 is 0 Å². The molecule has 0 amide bonds. The lowest BCUT2D eigenvalue weighted by Gasteiger charge is -2.37. The smallest absolute Gasteiger partial charge is 0.0580 e. The van der Waals surface area contributed by atoms with Crippen molar-refractivity contribution in [2.75, 3.05) is 6.54 Å². The van der Waals surface area contributed by atoms with Gasteiger partial charge < -0.3 is 10.8 Å². The van der Waals surface area contributed by atoms with E-state index in [0.29, 0.717) is 6.54 Å². The maximum absolute atomic E-state index is 9.76. The van der Waals surface area contributed by atoms with Crippen LogP contribution in [0.3, 0.4) is 0 Å². The SMILES string of the molecule is CC(O)C1(CN)CCCCCCC1. The fourth-order valence-corrected chi connectivity index (χ4v) is 2.40. The van der Waals surface area contributed by atoms with Crippen LogP contribution < -0.4 is 5.73 Å². The van der Waals surface area contributed by atoms with Crippen molar-refractivity contribution >= 4 is 0 Å². The Bertz CT molecular complexity index is 137. The van der Waals surface area contributed by atoms with Crippen molar-refractivity contribution in [3.05, 3.63) is 0 Å². The Morgan fingerprint density at radius 1 is 1.15 bits per heavy atom. The zero-order valence-electron chi connectivity index (χ0n) is 8.76. The standard InChI is InChI=1S/C11H23NO/c1-10(13)11(9-12)7-5-3-2-4-6-8-11/h10,13H,2-9,12H2,1H3. The molecule has 0 heterocycles. The van der Waals surface area contributed by atoms with E-state index in [1.54, 1.807) is 0 Å². The van der Waals surface area contributed by atoms with E-state index >= 15 is 0 Å². The first kappa shape index (κ1) is 11.0. The molecular weight excluding hydrogens is 162 g/mol. The summed E-state index contributed by atoms with van der Waals surface area (Å²) >= 11 is 0. The molecule has 1 unspecified atom stereocenters. The van der Waals surface area contributed by atoms with E-state index in [1.807, 2.05) is 6.92 Å². The maximum atomic E-state index is 9.76. The molecule has 13 heavy (non-hydrogen) atoms. The summed E-state index contributed by atoms with van der Waals surface area (Å²) in [6, 6.07) is 0. The van der Waals surface area contributed by atoms with Crippen LogP contribution in [0.15, 0.2) is 0 Å². The van der Waals surface area contributed by atoms with Gasteiger partial charge in [0.2, 0.25) is 0 Å². The number of nitrogens with two attached hydrogens (primary N) is 1. The summed E-state index contributed by atoms with van der Waals surface area (Å²) in [6.45, 7) is 2.54. The zero-order valence-corrected chi connectivity index (χ0v) is 8.76.